The minimum absolute atomic E-state index is 0.0670. The van der Waals surface area contributed by atoms with Crippen molar-refractivity contribution in [1.29, 1.82) is 0 Å². The fraction of sp³-hybridized carbons (Fsp3) is 0.385. The highest BCUT2D eigenvalue weighted by Crippen LogP contribution is 2.39. The predicted octanol–water partition coefficient (Wildman–Crippen LogP) is 2.62. The van der Waals surface area contributed by atoms with Gasteiger partial charge in [0.2, 0.25) is 0 Å². The van der Waals surface area contributed by atoms with Gasteiger partial charge in [0.25, 0.3) is 5.56 Å². The first-order valence-corrected chi connectivity index (χ1v) is 12.4. The van der Waals surface area contributed by atoms with Gasteiger partial charge in [-0.1, -0.05) is 18.2 Å². The van der Waals surface area contributed by atoms with Crippen LogP contribution in [0.1, 0.15) is 35.8 Å². The van der Waals surface area contributed by atoms with E-state index < -0.39 is 6.04 Å². The number of H-pyrrole nitrogens is 1. The number of nitrogens with one attached hydrogen (secondary N) is 1. The summed E-state index contributed by atoms with van der Waals surface area (Å²) in [5.41, 5.74) is 3.44. The van der Waals surface area contributed by atoms with Crippen LogP contribution >= 0.6 is 0 Å². The third kappa shape index (κ3) is 3.60. The fourth-order valence-corrected chi connectivity index (χ4v) is 5.56. The summed E-state index contributed by atoms with van der Waals surface area (Å²) in [6, 6.07) is 13.5. The number of aromatic nitrogens is 5. The molecule has 184 valence electrons. The highest BCUT2D eigenvalue weighted by atomic mass is 16.6. The number of aromatic amines is 1. The number of ether oxygens (including phenoxy) is 3. The van der Waals surface area contributed by atoms with Crippen LogP contribution in [-0.2, 0) is 17.7 Å². The second kappa shape index (κ2) is 8.63. The summed E-state index contributed by atoms with van der Waals surface area (Å²) in [7, 11) is 0. The topological polar surface area (TPSA) is 107 Å². The third-order valence-electron chi connectivity index (χ3n) is 7.27. The smallest absolute Gasteiger partial charge is 0.254 e. The first-order chi connectivity index (χ1) is 17.7. The van der Waals surface area contributed by atoms with E-state index in [2.05, 4.69) is 37.5 Å². The van der Waals surface area contributed by atoms with E-state index in [-0.39, 0.29) is 11.7 Å². The monoisotopic (exact) mass is 486 g/mol. The Hall–Kier alpha value is -3.92. The van der Waals surface area contributed by atoms with E-state index in [1.165, 1.54) is 5.56 Å². The van der Waals surface area contributed by atoms with E-state index in [0.717, 1.165) is 43.5 Å². The summed E-state index contributed by atoms with van der Waals surface area (Å²) >= 11 is 0. The van der Waals surface area contributed by atoms with Crippen molar-refractivity contribution in [3.05, 3.63) is 69.8 Å². The molecular weight excluding hydrogens is 460 g/mol. The van der Waals surface area contributed by atoms with Gasteiger partial charge < -0.3 is 24.1 Å². The van der Waals surface area contributed by atoms with Crippen molar-refractivity contribution in [2.24, 2.45) is 0 Å². The second-order valence-corrected chi connectivity index (χ2v) is 9.47. The molecule has 2 unspecified atom stereocenters. The van der Waals surface area contributed by atoms with E-state index in [0.29, 0.717) is 48.2 Å². The van der Waals surface area contributed by atoms with Crippen molar-refractivity contribution in [3.63, 3.8) is 0 Å². The third-order valence-corrected chi connectivity index (χ3v) is 7.27. The zero-order chi connectivity index (χ0) is 24.1. The van der Waals surface area contributed by atoms with E-state index in [1.54, 1.807) is 4.68 Å². The number of rotatable bonds is 5. The zero-order valence-electron chi connectivity index (χ0n) is 19.7. The molecule has 1 N–H and O–H groups in total. The molecule has 0 radical (unpaired) electrons. The van der Waals surface area contributed by atoms with Crippen LogP contribution in [0.15, 0.2) is 47.3 Å². The van der Waals surface area contributed by atoms with Crippen LogP contribution in [0.3, 0.4) is 0 Å². The van der Waals surface area contributed by atoms with Gasteiger partial charge in [-0.25, -0.2) is 4.68 Å². The van der Waals surface area contributed by atoms with Crippen LogP contribution in [0.25, 0.3) is 10.9 Å². The Kier molecular flexibility index (Phi) is 5.12. The Morgan fingerprint density at radius 2 is 1.94 bits per heavy atom. The van der Waals surface area contributed by atoms with Crippen LogP contribution in [0.2, 0.25) is 0 Å². The Balaban J connectivity index is 1.38. The fourth-order valence-electron chi connectivity index (χ4n) is 5.56. The molecule has 0 saturated carbocycles. The average Bonchev–Trinajstić information content (AvgIpc) is 3.66. The number of hydrogen-bond acceptors (Lipinski definition) is 8. The van der Waals surface area contributed by atoms with Gasteiger partial charge in [0.05, 0.1) is 18.2 Å². The zero-order valence-corrected chi connectivity index (χ0v) is 19.7. The molecule has 0 amide bonds. The molecule has 36 heavy (non-hydrogen) atoms. The number of pyridine rings is 1. The average molecular weight is 487 g/mol. The van der Waals surface area contributed by atoms with Gasteiger partial charge in [-0.05, 0) is 53.5 Å². The van der Waals surface area contributed by atoms with Crippen LogP contribution in [0.4, 0.5) is 5.69 Å². The van der Waals surface area contributed by atoms with Crippen molar-refractivity contribution in [3.8, 4) is 11.5 Å². The molecule has 0 aliphatic carbocycles. The van der Waals surface area contributed by atoms with E-state index in [4.69, 9.17) is 14.2 Å². The SMILES string of the molecule is O=c1[nH]c2cc3c(cc2cc1C(c1nnnn1CC1CCCO1)N1CCc2ccccc21)OCCO3. The molecule has 0 bridgehead atoms. The Morgan fingerprint density at radius 3 is 2.81 bits per heavy atom. The molecule has 0 spiro atoms. The van der Waals surface area contributed by atoms with Gasteiger partial charge in [0.1, 0.15) is 19.3 Å². The van der Waals surface area contributed by atoms with Gasteiger partial charge >= 0.3 is 0 Å². The van der Waals surface area contributed by atoms with E-state index in [9.17, 15) is 4.79 Å². The molecule has 3 aliphatic rings. The number of benzene rings is 2. The van der Waals surface area contributed by atoms with Crippen LogP contribution in [0, 0.1) is 0 Å². The van der Waals surface area contributed by atoms with E-state index in [1.807, 2.05) is 30.3 Å². The number of nitrogens with zero attached hydrogens (tertiary/aromatic N) is 5. The lowest BCUT2D eigenvalue weighted by Crippen LogP contribution is -2.35. The van der Waals surface area contributed by atoms with Gasteiger partial charge in [-0.15, -0.1) is 5.10 Å². The molecule has 3 aliphatic heterocycles. The van der Waals surface area contributed by atoms with Crippen molar-refractivity contribution < 1.29 is 14.2 Å². The number of fused-ring (bicyclic) bond motifs is 3. The molecule has 10 heteroatoms. The Labute approximate surface area is 206 Å². The molecular formula is C26H26N6O4. The minimum atomic E-state index is -0.466. The summed E-state index contributed by atoms with van der Waals surface area (Å²) in [5.74, 6) is 1.95. The number of hydrogen-bond donors (Lipinski definition) is 1. The first-order valence-electron chi connectivity index (χ1n) is 12.4. The molecule has 1 fully saturated rings. The van der Waals surface area contributed by atoms with Gasteiger partial charge in [-0.2, -0.15) is 0 Å². The summed E-state index contributed by atoms with van der Waals surface area (Å²) in [5, 5.41) is 13.6. The van der Waals surface area contributed by atoms with Gasteiger partial charge in [0.15, 0.2) is 17.3 Å². The van der Waals surface area contributed by atoms with Crippen LogP contribution in [-0.4, -0.2) is 57.7 Å². The molecule has 2 aromatic heterocycles. The van der Waals surface area contributed by atoms with Gasteiger partial charge in [-0.3, -0.25) is 4.79 Å². The maximum atomic E-state index is 13.6. The molecule has 4 aromatic rings. The van der Waals surface area contributed by atoms with Crippen molar-refractivity contribution in [1.82, 2.24) is 25.2 Å². The lowest BCUT2D eigenvalue weighted by molar-refractivity contribution is 0.0924. The van der Waals surface area contributed by atoms with Gasteiger partial charge in [0, 0.05) is 35.9 Å². The molecule has 2 atom stereocenters. The molecule has 1 saturated heterocycles. The van der Waals surface area contributed by atoms with Crippen LogP contribution in [0.5, 0.6) is 11.5 Å². The van der Waals surface area contributed by atoms with Crippen molar-refractivity contribution >= 4 is 16.6 Å². The molecule has 2 aromatic carbocycles. The lowest BCUT2D eigenvalue weighted by Gasteiger charge is -2.30. The normalized spacial score (nSPS) is 19.6. The second-order valence-electron chi connectivity index (χ2n) is 9.47. The first kappa shape index (κ1) is 21.4. The highest BCUT2D eigenvalue weighted by molar-refractivity contribution is 5.83. The quantitative estimate of drug-likeness (QED) is 0.459. The summed E-state index contributed by atoms with van der Waals surface area (Å²) in [6.07, 6.45) is 2.97. The molecule has 10 nitrogen and oxygen atoms in total. The van der Waals surface area contributed by atoms with Crippen molar-refractivity contribution in [2.45, 2.75) is 38.0 Å². The Bertz CT molecular complexity index is 1490. The standard InChI is InChI=1S/C26H26N6O4/c33-26-19(12-17-13-22-23(14-20(17)27-26)36-11-10-35-22)24(31-8-7-16-4-1-2-6-21(16)31)25-28-29-30-32(25)15-18-5-3-9-34-18/h1-2,4,6,12-14,18,24H,3,5,7-11,15H2,(H,27,33). The Morgan fingerprint density at radius 1 is 1.08 bits per heavy atom. The van der Waals surface area contributed by atoms with Crippen LogP contribution < -0.4 is 19.9 Å². The maximum absolute atomic E-state index is 13.6. The highest BCUT2D eigenvalue weighted by Gasteiger charge is 2.35. The number of para-hydroxylation sites is 1. The summed E-state index contributed by atoms with van der Waals surface area (Å²) in [6.45, 7) is 3.06. The van der Waals surface area contributed by atoms with Crippen molar-refractivity contribution in [2.75, 3.05) is 31.3 Å². The van der Waals surface area contributed by atoms with E-state index >= 15 is 0 Å². The summed E-state index contributed by atoms with van der Waals surface area (Å²) in [4.78, 5) is 18.9. The summed E-state index contributed by atoms with van der Waals surface area (Å²) < 4.78 is 19.2. The maximum Gasteiger partial charge on any atom is 0.254 e. The number of anilines is 1. The predicted molar refractivity (Wildman–Crippen MR) is 132 cm³/mol. The lowest BCUT2D eigenvalue weighted by atomic mass is 10.0. The molecule has 5 heterocycles. The minimum Gasteiger partial charge on any atom is -0.486 e. The number of tetrazole rings is 1. The molecule has 7 rings (SSSR count). The largest absolute Gasteiger partial charge is 0.486 e.